The van der Waals surface area contributed by atoms with Crippen LogP contribution in [0.3, 0.4) is 0 Å². The van der Waals surface area contributed by atoms with E-state index in [2.05, 4.69) is 13.8 Å². The van der Waals surface area contributed by atoms with Gasteiger partial charge in [-0.25, -0.2) is 9.59 Å². The Hall–Kier alpha value is -1.32. The number of esters is 2. The molecule has 2 aliphatic rings. The van der Waals surface area contributed by atoms with Crippen molar-refractivity contribution >= 4 is 11.9 Å². The highest BCUT2D eigenvalue weighted by Crippen LogP contribution is 2.39. The lowest BCUT2D eigenvalue weighted by atomic mass is 9.94. The third kappa shape index (κ3) is 3.71. The second kappa shape index (κ2) is 6.43. The SMILES string of the molecule is CC1CCCC1(C)OC(=O)/C=C\C(=O)OC1(C)CCCC1C. The predicted octanol–water partition coefficient (Wildman–Crippen LogP) is 3.79. The fourth-order valence-electron chi connectivity index (χ4n) is 3.59. The van der Waals surface area contributed by atoms with Gasteiger partial charge < -0.3 is 9.47 Å². The Kier molecular flexibility index (Phi) is 4.98. The van der Waals surface area contributed by atoms with Crippen LogP contribution in [0.2, 0.25) is 0 Å². The first-order chi connectivity index (χ1) is 10.3. The summed E-state index contributed by atoms with van der Waals surface area (Å²) < 4.78 is 11.1. The molecule has 2 saturated carbocycles. The summed E-state index contributed by atoms with van der Waals surface area (Å²) in [4.78, 5) is 23.8. The Morgan fingerprint density at radius 3 is 1.50 bits per heavy atom. The first-order valence-corrected chi connectivity index (χ1v) is 8.39. The topological polar surface area (TPSA) is 52.6 Å². The molecular formula is C18H28O4. The highest BCUT2D eigenvalue weighted by Gasteiger charge is 2.40. The molecule has 0 aromatic heterocycles. The minimum Gasteiger partial charge on any atom is -0.456 e. The molecule has 0 N–H and O–H groups in total. The van der Waals surface area contributed by atoms with Crippen LogP contribution in [0.5, 0.6) is 0 Å². The standard InChI is InChI=1S/C18H28O4/c1-13-7-5-11-17(13,3)21-15(19)9-10-16(20)22-18(4)12-6-8-14(18)2/h9-10,13-14H,5-8,11-12H2,1-4H3/b10-9-. The summed E-state index contributed by atoms with van der Waals surface area (Å²) in [5.41, 5.74) is -0.811. The fourth-order valence-corrected chi connectivity index (χ4v) is 3.59. The van der Waals surface area contributed by atoms with Gasteiger partial charge in [0, 0.05) is 12.2 Å². The van der Waals surface area contributed by atoms with Gasteiger partial charge in [-0.05, 0) is 64.2 Å². The van der Waals surface area contributed by atoms with Crippen LogP contribution in [0.4, 0.5) is 0 Å². The zero-order valence-corrected chi connectivity index (χ0v) is 14.2. The van der Waals surface area contributed by atoms with Crippen molar-refractivity contribution in [2.75, 3.05) is 0 Å². The minimum absolute atomic E-state index is 0.357. The third-order valence-electron chi connectivity index (χ3n) is 5.73. The van der Waals surface area contributed by atoms with Crippen LogP contribution < -0.4 is 0 Å². The van der Waals surface area contributed by atoms with Gasteiger partial charge in [0.05, 0.1) is 0 Å². The van der Waals surface area contributed by atoms with E-state index in [-0.39, 0.29) is 0 Å². The Balaban J connectivity index is 1.86. The smallest absolute Gasteiger partial charge is 0.331 e. The van der Waals surface area contributed by atoms with Gasteiger partial charge in [-0.3, -0.25) is 0 Å². The predicted molar refractivity (Wildman–Crippen MR) is 84.2 cm³/mol. The van der Waals surface area contributed by atoms with E-state index in [0.29, 0.717) is 11.8 Å². The van der Waals surface area contributed by atoms with Gasteiger partial charge in [0.25, 0.3) is 0 Å². The summed E-state index contributed by atoms with van der Waals surface area (Å²) in [6.07, 6.45) is 8.46. The van der Waals surface area contributed by atoms with Crippen LogP contribution in [0.1, 0.15) is 66.2 Å². The lowest BCUT2D eigenvalue weighted by Gasteiger charge is -2.29. The molecule has 0 saturated heterocycles. The van der Waals surface area contributed by atoms with E-state index in [1.54, 1.807) is 0 Å². The van der Waals surface area contributed by atoms with E-state index >= 15 is 0 Å². The van der Waals surface area contributed by atoms with Crippen molar-refractivity contribution in [3.8, 4) is 0 Å². The summed E-state index contributed by atoms with van der Waals surface area (Å²) in [5, 5.41) is 0. The van der Waals surface area contributed by atoms with Gasteiger partial charge in [0.2, 0.25) is 0 Å². The summed E-state index contributed by atoms with van der Waals surface area (Å²) in [6, 6.07) is 0. The molecular weight excluding hydrogens is 280 g/mol. The normalized spacial score (nSPS) is 38.4. The zero-order chi connectivity index (χ0) is 16.4. The van der Waals surface area contributed by atoms with Crippen LogP contribution in [0.25, 0.3) is 0 Å². The lowest BCUT2D eigenvalue weighted by molar-refractivity contribution is -0.157. The van der Waals surface area contributed by atoms with Crippen molar-refractivity contribution < 1.29 is 19.1 Å². The lowest BCUT2D eigenvalue weighted by Crippen LogP contribution is -2.34. The molecule has 4 unspecified atom stereocenters. The molecule has 4 atom stereocenters. The molecule has 124 valence electrons. The van der Waals surface area contributed by atoms with Crippen LogP contribution in [0, 0.1) is 11.8 Å². The van der Waals surface area contributed by atoms with Gasteiger partial charge in [-0.2, -0.15) is 0 Å². The number of carbonyl (C=O) groups is 2. The van der Waals surface area contributed by atoms with Gasteiger partial charge in [-0.15, -0.1) is 0 Å². The molecule has 4 heteroatoms. The molecule has 0 heterocycles. The molecule has 0 aromatic rings. The van der Waals surface area contributed by atoms with Gasteiger partial charge in [0.15, 0.2) is 0 Å². The Morgan fingerprint density at radius 2 is 1.23 bits per heavy atom. The first kappa shape index (κ1) is 17.0. The first-order valence-electron chi connectivity index (χ1n) is 8.39. The summed E-state index contributed by atoms with van der Waals surface area (Å²) in [7, 11) is 0. The number of ether oxygens (including phenoxy) is 2. The summed E-state index contributed by atoms with van der Waals surface area (Å²) in [6.45, 7) is 8.13. The van der Waals surface area contributed by atoms with Crippen molar-refractivity contribution in [3.63, 3.8) is 0 Å². The number of hydrogen-bond acceptors (Lipinski definition) is 4. The average Bonchev–Trinajstić information content (AvgIpc) is 2.92. The van der Waals surface area contributed by atoms with Crippen molar-refractivity contribution in [1.82, 2.24) is 0 Å². The van der Waals surface area contributed by atoms with Crippen LogP contribution >= 0.6 is 0 Å². The van der Waals surface area contributed by atoms with Crippen molar-refractivity contribution in [2.24, 2.45) is 11.8 Å². The van der Waals surface area contributed by atoms with Crippen LogP contribution in [0.15, 0.2) is 12.2 Å². The largest absolute Gasteiger partial charge is 0.456 e. The summed E-state index contributed by atoms with van der Waals surface area (Å²) >= 11 is 0. The maximum absolute atomic E-state index is 11.9. The minimum atomic E-state index is -0.460. The maximum Gasteiger partial charge on any atom is 0.331 e. The average molecular weight is 308 g/mol. The van der Waals surface area contributed by atoms with E-state index in [0.717, 1.165) is 38.5 Å². The molecule has 0 bridgehead atoms. The molecule has 2 aliphatic carbocycles. The Labute approximate surface area is 133 Å². The number of hydrogen-bond donors (Lipinski definition) is 0. The fraction of sp³-hybridized carbons (Fsp3) is 0.778. The van der Waals surface area contributed by atoms with E-state index in [4.69, 9.17) is 9.47 Å². The third-order valence-corrected chi connectivity index (χ3v) is 5.73. The second-order valence-corrected chi connectivity index (χ2v) is 7.39. The van der Waals surface area contributed by atoms with E-state index < -0.39 is 23.1 Å². The molecule has 0 amide bonds. The maximum atomic E-state index is 11.9. The summed E-state index contributed by atoms with van der Waals surface area (Å²) in [5.74, 6) is -0.208. The Morgan fingerprint density at radius 1 is 0.864 bits per heavy atom. The molecule has 4 nitrogen and oxygen atoms in total. The van der Waals surface area contributed by atoms with Gasteiger partial charge >= 0.3 is 11.9 Å². The molecule has 2 fully saturated rings. The van der Waals surface area contributed by atoms with Crippen molar-refractivity contribution in [2.45, 2.75) is 77.4 Å². The molecule has 0 radical (unpaired) electrons. The molecule has 0 aromatic carbocycles. The van der Waals surface area contributed by atoms with Crippen LogP contribution in [-0.4, -0.2) is 23.1 Å². The van der Waals surface area contributed by atoms with E-state index in [9.17, 15) is 9.59 Å². The molecule has 2 rings (SSSR count). The van der Waals surface area contributed by atoms with Crippen molar-refractivity contribution in [3.05, 3.63) is 12.2 Å². The zero-order valence-electron chi connectivity index (χ0n) is 14.2. The monoisotopic (exact) mass is 308 g/mol. The van der Waals surface area contributed by atoms with E-state index in [1.807, 2.05) is 13.8 Å². The van der Waals surface area contributed by atoms with E-state index in [1.165, 1.54) is 12.2 Å². The quantitative estimate of drug-likeness (QED) is 0.586. The number of rotatable bonds is 4. The van der Waals surface area contributed by atoms with Gasteiger partial charge in [-0.1, -0.05) is 13.8 Å². The highest BCUT2D eigenvalue weighted by atomic mass is 16.6. The second-order valence-electron chi connectivity index (χ2n) is 7.39. The van der Waals surface area contributed by atoms with Gasteiger partial charge in [0.1, 0.15) is 11.2 Å². The number of carbonyl (C=O) groups excluding carboxylic acids is 2. The molecule has 22 heavy (non-hydrogen) atoms. The Bertz CT molecular complexity index is 428. The molecule has 0 spiro atoms. The van der Waals surface area contributed by atoms with Crippen LogP contribution in [-0.2, 0) is 19.1 Å². The van der Waals surface area contributed by atoms with Crippen molar-refractivity contribution in [1.29, 1.82) is 0 Å². The molecule has 0 aliphatic heterocycles. The highest BCUT2D eigenvalue weighted by molar-refractivity contribution is 5.92.